The highest BCUT2D eigenvalue weighted by Crippen LogP contribution is 2.28. The zero-order valence-corrected chi connectivity index (χ0v) is 7.18. The fourth-order valence-corrected chi connectivity index (χ4v) is 1.90. The number of furan rings is 1. The highest BCUT2D eigenvalue weighted by atomic mass is 16.3. The number of aryl methyl sites for hydroxylation is 1. The summed E-state index contributed by atoms with van der Waals surface area (Å²) in [6, 6.07) is 0. The van der Waals surface area contributed by atoms with Crippen molar-refractivity contribution in [3.05, 3.63) is 23.2 Å². The molecular formula is C10H14O. The molecule has 1 aromatic heterocycles. The third kappa shape index (κ3) is 1.09. The minimum Gasteiger partial charge on any atom is -0.469 e. The molecule has 0 amide bonds. The molecule has 0 radical (unpaired) electrons. The first-order chi connectivity index (χ1) is 5.27. The molecule has 0 fully saturated rings. The highest BCUT2D eigenvalue weighted by Gasteiger charge is 2.18. The molecule has 2 rings (SSSR count). The maximum absolute atomic E-state index is 5.37. The van der Waals surface area contributed by atoms with Crippen molar-refractivity contribution in [1.29, 1.82) is 0 Å². The van der Waals surface area contributed by atoms with Crippen molar-refractivity contribution in [3.63, 3.8) is 0 Å². The van der Waals surface area contributed by atoms with Gasteiger partial charge in [0.25, 0.3) is 0 Å². The Kier molecular flexibility index (Phi) is 1.52. The monoisotopic (exact) mass is 150 g/mol. The summed E-state index contributed by atoms with van der Waals surface area (Å²) in [4.78, 5) is 0. The summed E-state index contributed by atoms with van der Waals surface area (Å²) in [5, 5.41) is 0. The molecule has 11 heavy (non-hydrogen) atoms. The summed E-state index contributed by atoms with van der Waals surface area (Å²) in [5.74, 6) is 1.98. The molecule has 1 unspecified atom stereocenters. The summed E-state index contributed by atoms with van der Waals surface area (Å²) in [6.45, 7) is 4.38. The van der Waals surface area contributed by atoms with Crippen molar-refractivity contribution in [1.82, 2.24) is 0 Å². The quantitative estimate of drug-likeness (QED) is 0.554. The molecule has 1 atom stereocenters. The van der Waals surface area contributed by atoms with Gasteiger partial charge in [0.2, 0.25) is 0 Å². The predicted octanol–water partition coefficient (Wildman–Crippen LogP) is 2.71. The van der Waals surface area contributed by atoms with Crippen molar-refractivity contribution < 1.29 is 4.42 Å². The van der Waals surface area contributed by atoms with Crippen LogP contribution in [0.25, 0.3) is 0 Å². The molecule has 0 spiro atoms. The summed E-state index contributed by atoms with van der Waals surface area (Å²) in [5.41, 5.74) is 2.92. The first-order valence-electron chi connectivity index (χ1n) is 4.33. The Balaban J connectivity index is 2.36. The van der Waals surface area contributed by atoms with Crippen LogP contribution in [0.2, 0.25) is 0 Å². The van der Waals surface area contributed by atoms with E-state index in [9.17, 15) is 0 Å². The third-order valence-corrected chi connectivity index (χ3v) is 2.65. The van der Waals surface area contributed by atoms with Gasteiger partial charge in [-0.15, -0.1) is 0 Å². The van der Waals surface area contributed by atoms with E-state index in [-0.39, 0.29) is 0 Å². The van der Waals surface area contributed by atoms with E-state index < -0.39 is 0 Å². The fraction of sp³-hybridized carbons (Fsp3) is 0.600. The Bertz CT molecular complexity index is 260. The lowest BCUT2D eigenvalue weighted by Crippen LogP contribution is -2.09. The van der Waals surface area contributed by atoms with Crippen molar-refractivity contribution in [2.45, 2.75) is 33.1 Å². The maximum atomic E-state index is 5.37. The second-order valence-electron chi connectivity index (χ2n) is 3.64. The topological polar surface area (TPSA) is 13.1 Å². The van der Waals surface area contributed by atoms with Gasteiger partial charge in [-0.2, -0.15) is 0 Å². The summed E-state index contributed by atoms with van der Waals surface area (Å²) in [7, 11) is 0. The van der Waals surface area contributed by atoms with Gasteiger partial charge in [-0.1, -0.05) is 6.92 Å². The maximum Gasteiger partial charge on any atom is 0.104 e. The number of fused-ring (bicyclic) bond motifs is 1. The van der Waals surface area contributed by atoms with E-state index >= 15 is 0 Å². The third-order valence-electron chi connectivity index (χ3n) is 2.65. The normalized spacial score (nSPS) is 23.3. The van der Waals surface area contributed by atoms with Crippen molar-refractivity contribution in [2.75, 3.05) is 0 Å². The Hall–Kier alpha value is -0.720. The Morgan fingerprint density at radius 2 is 2.36 bits per heavy atom. The lowest BCUT2D eigenvalue weighted by atomic mass is 9.87. The Morgan fingerprint density at radius 3 is 3.18 bits per heavy atom. The van der Waals surface area contributed by atoms with Crippen molar-refractivity contribution >= 4 is 0 Å². The molecule has 0 aliphatic heterocycles. The van der Waals surface area contributed by atoms with Crippen LogP contribution in [-0.2, 0) is 12.8 Å². The summed E-state index contributed by atoms with van der Waals surface area (Å²) >= 11 is 0. The second-order valence-corrected chi connectivity index (χ2v) is 3.64. The average Bonchev–Trinajstić information content (AvgIpc) is 2.32. The zero-order valence-electron chi connectivity index (χ0n) is 7.18. The molecule has 1 aliphatic rings. The van der Waals surface area contributed by atoms with E-state index in [1.54, 1.807) is 0 Å². The van der Waals surface area contributed by atoms with E-state index in [0.29, 0.717) is 0 Å². The van der Waals surface area contributed by atoms with E-state index in [4.69, 9.17) is 4.42 Å². The average molecular weight is 150 g/mol. The van der Waals surface area contributed by atoms with E-state index in [1.165, 1.54) is 30.4 Å². The molecule has 1 heteroatoms. The lowest BCUT2D eigenvalue weighted by Gasteiger charge is -2.17. The van der Waals surface area contributed by atoms with E-state index in [1.807, 2.05) is 6.26 Å². The molecule has 1 nitrogen and oxygen atoms in total. The number of hydrogen-bond acceptors (Lipinski definition) is 1. The van der Waals surface area contributed by atoms with Crippen molar-refractivity contribution in [3.8, 4) is 0 Å². The van der Waals surface area contributed by atoms with Crippen LogP contribution in [0.5, 0.6) is 0 Å². The molecule has 0 saturated heterocycles. The predicted molar refractivity (Wildman–Crippen MR) is 44.6 cm³/mol. The van der Waals surface area contributed by atoms with Crippen LogP contribution in [0, 0.1) is 12.8 Å². The van der Waals surface area contributed by atoms with Crippen LogP contribution in [0.3, 0.4) is 0 Å². The highest BCUT2D eigenvalue weighted by molar-refractivity contribution is 5.29. The Labute approximate surface area is 67.4 Å². The first-order valence-corrected chi connectivity index (χ1v) is 4.33. The van der Waals surface area contributed by atoms with Crippen LogP contribution in [0.15, 0.2) is 10.7 Å². The second kappa shape index (κ2) is 2.40. The van der Waals surface area contributed by atoms with Gasteiger partial charge < -0.3 is 4.42 Å². The fourth-order valence-electron chi connectivity index (χ4n) is 1.90. The van der Waals surface area contributed by atoms with Gasteiger partial charge in [-0.3, -0.25) is 0 Å². The molecule has 0 N–H and O–H groups in total. The molecule has 1 heterocycles. The molecule has 1 aromatic rings. The summed E-state index contributed by atoms with van der Waals surface area (Å²) in [6.07, 6.45) is 5.69. The number of hydrogen-bond donors (Lipinski definition) is 0. The molecule has 0 saturated carbocycles. The molecule has 0 bridgehead atoms. The molecule has 60 valence electrons. The number of rotatable bonds is 0. The van der Waals surface area contributed by atoms with Gasteiger partial charge in [0.15, 0.2) is 0 Å². The van der Waals surface area contributed by atoms with Gasteiger partial charge in [0.1, 0.15) is 5.76 Å². The van der Waals surface area contributed by atoms with Gasteiger partial charge in [0, 0.05) is 0 Å². The lowest BCUT2D eigenvalue weighted by molar-refractivity contribution is 0.502. The van der Waals surface area contributed by atoms with Gasteiger partial charge in [-0.05, 0) is 43.2 Å². The van der Waals surface area contributed by atoms with Crippen LogP contribution < -0.4 is 0 Å². The first kappa shape index (κ1) is 6.96. The van der Waals surface area contributed by atoms with E-state index in [0.717, 1.165) is 11.7 Å². The molecule has 0 aromatic carbocycles. The van der Waals surface area contributed by atoms with Gasteiger partial charge in [0.05, 0.1) is 6.26 Å². The smallest absolute Gasteiger partial charge is 0.104 e. The minimum atomic E-state index is 0.847. The van der Waals surface area contributed by atoms with Gasteiger partial charge in [-0.25, -0.2) is 0 Å². The molecule has 1 aliphatic carbocycles. The van der Waals surface area contributed by atoms with Crippen LogP contribution >= 0.6 is 0 Å². The molecular weight excluding hydrogens is 136 g/mol. The minimum absolute atomic E-state index is 0.847. The van der Waals surface area contributed by atoms with Gasteiger partial charge >= 0.3 is 0 Å². The van der Waals surface area contributed by atoms with Crippen LogP contribution in [0.4, 0.5) is 0 Å². The van der Waals surface area contributed by atoms with E-state index in [2.05, 4.69) is 13.8 Å². The standard InChI is InChI=1S/C10H14O/c1-7-3-4-10-8(2)11-6-9(10)5-7/h6-7H,3-5H2,1-2H3. The van der Waals surface area contributed by atoms with Crippen LogP contribution in [-0.4, -0.2) is 0 Å². The zero-order chi connectivity index (χ0) is 7.84. The van der Waals surface area contributed by atoms with Crippen molar-refractivity contribution in [2.24, 2.45) is 5.92 Å². The Morgan fingerprint density at radius 1 is 1.55 bits per heavy atom. The SMILES string of the molecule is Cc1occ2c1CCC(C)C2. The largest absolute Gasteiger partial charge is 0.469 e. The summed E-state index contributed by atoms with van der Waals surface area (Å²) < 4.78 is 5.37. The van der Waals surface area contributed by atoms with Crippen LogP contribution in [0.1, 0.15) is 30.2 Å².